The van der Waals surface area contributed by atoms with E-state index in [1.807, 2.05) is 12.1 Å². The third-order valence-corrected chi connectivity index (χ3v) is 4.23. The van der Waals surface area contributed by atoms with Gasteiger partial charge in [-0.1, -0.05) is 17.7 Å². The van der Waals surface area contributed by atoms with Gasteiger partial charge in [0, 0.05) is 29.4 Å². The molecule has 1 saturated heterocycles. The summed E-state index contributed by atoms with van der Waals surface area (Å²) in [6.07, 6.45) is 0.815. The normalized spacial score (nSPS) is 15.1. The number of nitrogens with one attached hydrogen (secondary N) is 1. The quantitative estimate of drug-likeness (QED) is 0.882. The van der Waals surface area contributed by atoms with E-state index in [4.69, 9.17) is 16.3 Å². The summed E-state index contributed by atoms with van der Waals surface area (Å²) in [7, 11) is 0. The number of anilines is 2. The molecular formula is C19H19ClN2O3. The van der Waals surface area contributed by atoms with Crippen molar-refractivity contribution in [2.75, 3.05) is 16.8 Å². The van der Waals surface area contributed by atoms with E-state index in [9.17, 15) is 9.59 Å². The molecule has 0 aromatic heterocycles. The molecule has 1 atom stereocenters. The van der Waals surface area contributed by atoms with Crippen molar-refractivity contribution in [1.29, 1.82) is 0 Å². The monoisotopic (exact) mass is 358 g/mol. The van der Waals surface area contributed by atoms with Crippen molar-refractivity contribution < 1.29 is 14.3 Å². The van der Waals surface area contributed by atoms with Gasteiger partial charge in [0.05, 0.1) is 0 Å². The van der Waals surface area contributed by atoms with Crippen molar-refractivity contribution in [3.8, 4) is 5.75 Å². The summed E-state index contributed by atoms with van der Waals surface area (Å²) in [6, 6.07) is 14.1. The Kier molecular flexibility index (Phi) is 5.24. The van der Waals surface area contributed by atoms with Crippen LogP contribution in [0.3, 0.4) is 0 Å². The number of hydrogen-bond acceptors (Lipinski definition) is 3. The number of ether oxygens (including phenoxy) is 1. The average molecular weight is 359 g/mol. The smallest absolute Gasteiger partial charge is 0.265 e. The van der Waals surface area contributed by atoms with E-state index in [2.05, 4.69) is 5.32 Å². The molecule has 130 valence electrons. The molecule has 1 fully saturated rings. The Morgan fingerprint density at radius 2 is 2.00 bits per heavy atom. The molecule has 25 heavy (non-hydrogen) atoms. The highest BCUT2D eigenvalue weighted by atomic mass is 35.5. The van der Waals surface area contributed by atoms with Crippen molar-refractivity contribution in [1.82, 2.24) is 0 Å². The first kappa shape index (κ1) is 17.3. The van der Waals surface area contributed by atoms with Crippen LogP contribution in [0.2, 0.25) is 5.02 Å². The highest BCUT2D eigenvalue weighted by Crippen LogP contribution is 2.24. The zero-order valence-electron chi connectivity index (χ0n) is 13.9. The van der Waals surface area contributed by atoms with Gasteiger partial charge in [0.2, 0.25) is 5.91 Å². The molecule has 0 unspecified atom stereocenters. The Hall–Kier alpha value is -2.53. The number of halogens is 1. The van der Waals surface area contributed by atoms with E-state index in [0.29, 0.717) is 22.9 Å². The molecule has 3 rings (SSSR count). The lowest BCUT2D eigenvalue weighted by atomic mass is 10.2. The fraction of sp³-hybridized carbons (Fsp3) is 0.263. The molecule has 6 heteroatoms. The largest absolute Gasteiger partial charge is 0.481 e. The van der Waals surface area contributed by atoms with Crippen molar-refractivity contribution in [2.24, 2.45) is 0 Å². The average Bonchev–Trinajstić information content (AvgIpc) is 3.01. The molecular weight excluding hydrogens is 340 g/mol. The predicted molar refractivity (Wildman–Crippen MR) is 98.2 cm³/mol. The van der Waals surface area contributed by atoms with E-state index < -0.39 is 6.10 Å². The second kappa shape index (κ2) is 7.57. The number of nitrogens with zero attached hydrogens (tertiary/aromatic N) is 1. The minimum atomic E-state index is -0.668. The van der Waals surface area contributed by atoms with Gasteiger partial charge in [-0.05, 0) is 55.8 Å². The van der Waals surface area contributed by atoms with Crippen molar-refractivity contribution in [2.45, 2.75) is 25.9 Å². The molecule has 0 saturated carbocycles. The lowest BCUT2D eigenvalue weighted by Crippen LogP contribution is -2.30. The predicted octanol–water partition coefficient (Wildman–Crippen LogP) is 3.87. The van der Waals surface area contributed by atoms with Gasteiger partial charge >= 0.3 is 0 Å². The number of amides is 2. The zero-order chi connectivity index (χ0) is 17.8. The number of hydrogen-bond donors (Lipinski definition) is 1. The van der Waals surface area contributed by atoms with Crippen LogP contribution in [0.5, 0.6) is 5.75 Å². The van der Waals surface area contributed by atoms with Gasteiger partial charge in [-0.2, -0.15) is 0 Å². The molecule has 1 heterocycles. The number of carbonyl (C=O) groups is 2. The van der Waals surface area contributed by atoms with Gasteiger partial charge in [-0.15, -0.1) is 0 Å². The van der Waals surface area contributed by atoms with Crippen LogP contribution in [0.15, 0.2) is 48.5 Å². The van der Waals surface area contributed by atoms with Crippen LogP contribution >= 0.6 is 11.6 Å². The Balaban J connectivity index is 1.59. The zero-order valence-corrected chi connectivity index (χ0v) is 14.6. The Labute approximate surface area is 151 Å². The molecule has 1 aliphatic rings. The summed E-state index contributed by atoms with van der Waals surface area (Å²) in [4.78, 5) is 25.7. The molecule has 0 bridgehead atoms. The Morgan fingerprint density at radius 1 is 1.24 bits per heavy atom. The first-order valence-electron chi connectivity index (χ1n) is 8.16. The minimum Gasteiger partial charge on any atom is -0.481 e. The van der Waals surface area contributed by atoms with Crippen LogP contribution in [0.4, 0.5) is 11.4 Å². The second-order valence-corrected chi connectivity index (χ2v) is 6.34. The minimum absolute atomic E-state index is 0.142. The van der Waals surface area contributed by atoms with Crippen LogP contribution in [-0.4, -0.2) is 24.5 Å². The van der Waals surface area contributed by atoms with Crippen LogP contribution in [0.1, 0.15) is 19.8 Å². The van der Waals surface area contributed by atoms with Crippen molar-refractivity contribution >= 4 is 34.8 Å². The highest BCUT2D eigenvalue weighted by molar-refractivity contribution is 6.30. The first-order valence-corrected chi connectivity index (χ1v) is 8.54. The number of benzene rings is 2. The lowest BCUT2D eigenvalue weighted by Gasteiger charge is -2.18. The van der Waals surface area contributed by atoms with Gasteiger partial charge in [0.1, 0.15) is 5.75 Å². The van der Waals surface area contributed by atoms with Crippen LogP contribution in [0.25, 0.3) is 0 Å². The van der Waals surface area contributed by atoms with E-state index in [1.54, 1.807) is 48.2 Å². The maximum Gasteiger partial charge on any atom is 0.265 e. The van der Waals surface area contributed by atoms with E-state index >= 15 is 0 Å². The van der Waals surface area contributed by atoms with E-state index in [1.165, 1.54) is 0 Å². The van der Waals surface area contributed by atoms with Gasteiger partial charge in [-0.3, -0.25) is 9.59 Å². The Bertz CT molecular complexity index is 776. The summed E-state index contributed by atoms with van der Waals surface area (Å²) < 4.78 is 5.67. The maximum atomic E-state index is 12.2. The Morgan fingerprint density at radius 3 is 2.64 bits per heavy atom. The first-order chi connectivity index (χ1) is 12.0. The third-order valence-electron chi connectivity index (χ3n) is 4.00. The van der Waals surface area contributed by atoms with E-state index in [-0.39, 0.29) is 11.8 Å². The topological polar surface area (TPSA) is 58.6 Å². The van der Waals surface area contributed by atoms with E-state index in [0.717, 1.165) is 18.7 Å². The second-order valence-electron chi connectivity index (χ2n) is 5.90. The summed E-state index contributed by atoms with van der Waals surface area (Å²) in [6.45, 7) is 2.43. The number of carbonyl (C=O) groups excluding carboxylic acids is 2. The molecule has 0 radical (unpaired) electrons. The molecule has 1 aliphatic heterocycles. The molecule has 0 aliphatic carbocycles. The summed E-state index contributed by atoms with van der Waals surface area (Å²) >= 11 is 5.91. The van der Waals surface area contributed by atoms with Crippen molar-refractivity contribution in [3.63, 3.8) is 0 Å². The van der Waals surface area contributed by atoms with Crippen LogP contribution in [-0.2, 0) is 9.59 Å². The number of rotatable bonds is 5. The molecule has 1 N–H and O–H groups in total. The third kappa shape index (κ3) is 4.31. The van der Waals surface area contributed by atoms with Crippen LogP contribution < -0.4 is 15.0 Å². The van der Waals surface area contributed by atoms with Crippen molar-refractivity contribution in [3.05, 3.63) is 53.6 Å². The molecule has 0 spiro atoms. The molecule has 2 amide bonds. The molecule has 2 aromatic carbocycles. The fourth-order valence-corrected chi connectivity index (χ4v) is 2.88. The SMILES string of the molecule is C[C@@H](Oc1ccc(N2CCCC2=O)cc1)C(=O)Nc1cccc(Cl)c1. The maximum absolute atomic E-state index is 12.2. The van der Waals surface area contributed by atoms with Gasteiger partial charge in [0.15, 0.2) is 6.10 Å². The van der Waals surface area contributed by atoms with Crippen LogP contribution in [0, 0.1) is 0 Å². The molecule has 2 aromatic rings. The highest BCUT2D eigenvalue weighted by Gasteiger charge is 2.21. The van der Waals surface area contributed by atoms with Gasteiger partial charge in [-0.25, -0.2) is 0 Å². The van der Waals surface area contributed by atoms with Gasteiger partial charge in [0.25, 0.3) is 5.91 Å². The standard InChI is InChI=1S/C19H19ClN2O3/c1-13(19(24)21-15-5-2-4-14(20)12-15)25-17-9-7-16(8-10-17)22-11-3-6-18(22)23/h2,4-5,7-10,12-13H,3,6,11H2,1H3,(H,21,24)/t13-/m1/s1. The summed E-state index contributed by atoms with van der Waals surface area (Å²) in [5.41, 5.74) is 1.47. The summed E-state index contributed by atoms with van der Waals surface area (Å²) in [5, 5.41) is 3.32. The molecule has 5 nitrogen and oxygen atoms in total. The fourth-order valence-electron chi connectivity index (χ4n) is 2.69. The lowest BCUT2D eigenvalue weighted by molar-refractivity contribution is -0.122. The summed E-state index contributed by atoms with van der Waals surface area (Å²) in [5.74, 6) is 0.452. The van der Waals surface area contributed by atoms with Gasteiger partial charge < -0.3 is 15.0 Å².